The Kier molecular flexibility index (Phi) is 2.96. The Bertz CT molecular complexity index is 827. The van der Waals surface area contributed by atoms with Crippen molar-refractivity contribution in [2.24, 2.45) is 13.0 Å². The van der Waals surface area contributed by atoms with Gasteiger partial charge in [-0.05, 0) is 36.3 Å². The van der Waals surface area contributed by atoms with E-state index >= 15 is 0 Å². The van der Waals surface area contributed by atoms with E-state index < -0.39 is 10.0 Å². The molecule has 1 aromatic heterocycles. The van der Waals surface area contributed by atoms with E-state index in [0.29, 0.717) is 12.5 Å². The fraction of sp³-hybridized carbons (Fsp3) is 0.438. The maximum atomic E-state index is 12.3. The van der Waals surface area contributed by atoms with Crippen molar-refractivity contribution in [2.45, 2.75) is 29.6 Å². The summed E-state index contributed by atoms with van der Waals surface area (Å²) in [6.07, 6.45) is 6.25. The highest BCUT2D eigenvalue weighted by atomic mass is 32.2. The van der Waals surface area contributed by atoms with Crippen LogP contribution in [0.25, 0.3) is 0 Å². The molecule has 0 amide bonds. The van der Waals surface area contributed by atoms with Crippen LogP contribution in [0.4, 0.5) is 0 Å². The van der Waals surface area contributed by atoms with Gasteiger partial charge in [-0.25, -0.2) is 13.1 Å². The average molecular weight is 317 g/mol. The molecule has 22 heavy (non-hydrogen) atoms. The van der Waals surface area contributed by atoms with Crippen LogP contribution in [0, 0.1) is 5.92 Å². The lowest BCUT2D eigenvalue weighted by Crippen LogP contribution is -2.27. The summed E-state index contributed by atoms with van der Waals surface area (Å²) in [5.41, 5.74) is 3.08. The van der Waals surface area contributed by atoms with E-state index in [4.69, 9.17) is 0 Å². The molecule has 5 nitrogen and oxygen atoms in total. The van der Waals surface area contributed by atoms with Crippen LogP contribution in [0.2, 0.25) is 0 Å². The molecule has 2 atom stereocenters. The first-order valence-corrected chi connectivity index (χ1v) is 9.06. The predicted molar refractivity (Wildman–Crippen MR) is 82.9 cm³/mol. The molecular weight excluding hydrogens is 298 g/mol. The van der Waals surface area contributed by atoms with Gasteiger partial charge in [0.1, 0.15) is 4.90 Å². The number of nitrogens with zero attached hydrogens (tertiary/aromatic N) is 2. The number of benzene rings is 1. The summed E-state index contributed by atoms with van der Waals surface area (Å²) in [4.78, 5) is 0.233. The van der Waals surface area contributed by atoms with E-state index in [9.17, 15) is 8.42 Å². The van der Waals surface area contributed by atoms with E-state index in [1.54, 1.807) is 7.05 Å². The van der Waals surface area contributed by atoms with E-state index in [0.717, 1.165) is 19.3 Å². The van der Waals surface area contributed by atoms with Crippen molar-refractivity contribution in [3.05, 3.63) is 47.8 Å². The number of sulfonamides is 1. The van der Waals surface area contributed by atoms with Gasteiger partial charge in [-0.15, -0.1) is 0 Å². The van der Waals surface area contributed by atoms with E-state index in [2.05, 4.69) is 34.1 Å². The molecule has 1 heterocycles. The van der Waals surface area contributed by atoms with Gasteiger partial charge in [0.2, 0.25) is 10.0 Å². The molecule has 0 saturated heterocycles. The molecule has 2 aliphatic rings. The van der Waals surface area contributed by atoms with Crippen molar-refractivity contribution in [2.75, 3.05) is 6.54 Å². The van der Waals surface area contributed by atoms with Crippen LogP contribution >= 0.6 is 0 Å². The molecule has 6 heteroatoms. The van der Waals surface area contributed by atoms with Gasteiger partial charge in [0, 0.05) is 25.2 Å². The molecule has 4 rings (SSSR count). The molecule has 2 aromatic rings. The number of hydrogen-bond donors (Lipinski definition) is 1. The zero-order chi connectivity index (χ0) is 15.4. The SMILES string of the molecule is Cn1cc(S(=O)(=O)NC[C@H]2C[C@]23CCc2ccccc23)cn1. The summed E-state index contributed by atoms with van der Waals surface area (Å²) >= 11 is 0. The molecule has 1 N–H and O–H groups in total. The normalized spacial score (nSPS) is 26.3. The lowest BCUT2D eigenvalue weighted by Gasteiger charge is -2.12. The van der Waals surface area contributed by atoms with E-state index in [-0.39, 0.29) is 10.3 Å². The molecule has 2 aliphatic carbocycles. The average Bonchev–Trinajstić information content (AvgIpc) is 2.81. The fourth-order valence-corrected chi connectivity index (χ4v) is 4.90. The van der Waals surface area contributed by atoms with Gasteiger partial charge in [-0.1, -0.05) is 24.3 Å². The van der Waals surface area contributed by atoms with Crippen LogP contribution in [-0.4, -0.2) is 24.7 Å². The van der Waals surface area contributed by atoms with Crippen molar-refractivity contribution in [3.63, 3.8) is 0 Å². The van der Waals surface area contributed by atoms with Gasteiger partial charge in [0.25, 0.3) is 0 Å². The summed E-state index contributed by atoms with van der Waals surface area (Å²) in [5, 5.41) is 3.92. The van der Waals surface area contributed by atoms with Crippen LogP contribution in [0.1, 0.15) is 24.0 Å². The van der Waals surface area contributed by atoms with Crippen molar-refractivity contribution >= 4 is 10.0 Å². The monoisotopic (exact) mass is 317 g/mol. The van der Waals surface area contributed by atoms with E-state index in [1.165, 1.54) is 28.2 Å². The molecule has 0 aliphatic heterocycles. The Morgan fingerprint density at radius 3 is 3.00 bits per heavy atom. The molecule has 116 valence electrons. The number of hydrogen-bond acceptors (Lipinski definition) is 3. The summed E-state index contributed by atoms with van der Waals surface area (Å²) in [5.74, 6) is 0.405. The Hall–Kier alpha value is -1.66. The summed E-state index contributed by atoms with van der Waals surface area (Å²) in [7, 11) is -1.74. The third-order valence-electron chi connectivity index (χ3n) is 5.14. The van der Waals surface area contributed by atoms with Crippen molar-refractivity contribution in [3.8, 4) is 0 Å². The Morgan fingerprint density at radius 2 is 2.23 bits per heavy atom. The highest BCUT2D eigenvalue weighted by Crippen LogP contribution is 2.61. The second kappa shape index (κ2) is 4.67. The maximum Gasteiger partial charge on any atom is 0.243 e. The number of aromatic nitrogens is 2. The first-order valence-electron chi connectivity index (χ1n) is 7.58. The first kappa shape index (κ1) is 14.0. The lowest BCUT2D eigenvalue weighted by molar-refractivity contribution is 0.557. The summed E-state index contributed by atoms with van der Waals surface area (Å²) < 4.78 is 28.8. The minimum atomic E-state index is -3.45. The maximum absolute atomic E-state index is 12.3. The minimum absolute atomic E-state index is 0.216. The van der Waals surface area contributed by atoms with Crippen LogP contribution in [0.3, 0.4) is 0 Å². The van der Waals surface area contributed by atoms with Gasteiger partial charge in [0.15, 0.2) is 0 Å². The zero-order valence-electron chi connectivity index (χ0n) is 12.5. The third kappa shape index (κ3) is 2.09. The zero-order valence-corrected chi connectivity index (χ0v) is 13.3. The van der Waals surface area contributed by atoms with Crippen LogP contribution in [0.5, 0.6) is 0 Å². The van der Waals surface area contributed by atoms with Crippen LogP contribution < -0.4 is 4.72 Å². The Balaban J connectivity index is 1.47. The number of nitrogens with one attached hydrogen (secondary N) is 1. The highest BCUT2D eigenvalue weighted by molar-refractivity contribution is 7.89. The molecule has 1 spiro atoms. The molecule has 1 saturated carbocycles. The predicted octanol–water partition coefficient (Wildman–Crippen LogP) is 1.60. The smallest absolute Gasteiger partial charge is 0.243 e. The molecule has 0 radical (unpaired) electrons. The number of fused-ring (bicyclic) bond motifs is 2. The number of aryl methyl sites for hydroxylation is 2. The van der Waals surface area contributed by atoms with Gasteiger partial charge < -0.3 is 0 Å². The Labute approximate surface area is 130 Å². The fourth-order valence-electron chi connectivity index (χ4n) is 3.83. The van der Waals surface area contributed by atoms with Crippen molar-refractivity contribution in [1.82, 2.24) is 14.5 Å². The van der Waals surface area contributed by atoms with Crippen molar-refractivity contribution < 1.29 is 8.42 Å². The molecular formula is C16H19N3O2S. The number of rotatable bonds is 4. The second-order valence-electron chi connectivity index (χ2n) is 6.42. The van der Waals surface area contributed by atoms with Gasteiger partial charge >= 0.3 is 0 Å². The van der Waals surface area contributed by atoms with Gasteiger partial charge in [-0.3, -0.25) is 4.68 Å². The van der Waals surface area contributed by atoms with Gasteiger partial charge in [-0.2, -0.15) is 5.10 Å². The summed E-state index contributed by atoms with van der Waals surface area (Å²) in [6.45, 7) is 0.506. The largest absolute Gasteiger partial charge is 0.274 e. The summed E-state index contributed by atoms with van der Waals surface area (Å²) in [6, 6.07) is 8.57. The minimum Gasteiger partial charge on any atom is -0.274 e. The van der Waals surface area contributed by atoms with Crippen molar-refractivity contribution in [1.29, 1.82) is 0 Å². The van der Waals surface area contributed by atoms with Crippen LogP contribution in [0.15, 0.2) is 41.6 Å². The third-order valence-corrected chi connectivity index (χ3v) is 6.52. The Morgan fingerprint density at radius 1 is 1.41 bits per heavy atom. The van der Waals surface area contributed by atoms with Gasteiger partial charge in [0.05, 0.1) is 6.20 Å². The molecule has 0 unspecified atom stereocenters. The molecule has 1 aromatic carbocycles. The van der Waals surface area contributed by atoms with E-state index in [1.807, 2.05) is 0 Å². The topological polar surface area (TPSA) is 64.0 Å². The van der Waals surface area contributed by atoms with Crippen LogP contribution in [-0.2, 0) is 28.9 Å². The second-order valence-corrected chi connectivity index (χ2v) is 8.18. The lowest BCUT2D eigenvalue weighted by atomic mass is 9.95. The molecule has 0 bridgehead atoms. The first-order chi connectivity index (χ1) is 10.5. The standard InChI is InChI=1S/C16H19N3O2S/c1-19-11-14(10-17-19)22(20,21)18-9-13-8-16(13)7-6-12-4-2-3-5-15(12)16/h2-5,10-11,13,18H,6-9H2,1H3/t13-,16-/m1/s1. The quantitative estimate of drug-likeness (QED) is 0.931. The highest BCUT2D eigenvalue weighted by Gasteiger charge is 2.57. The molecule has 1 fully saturated rings.